The number of hydrazone groups is 1. The van der Waals surface area contributed by atoms with Crippen LogP contribution in [0.4, 0.5) is 0 Å². The van der Waals surface area contributed by atoms with Crippen molar-refractivity contribution in [3.8, 4) is 5.75 Å². The van der Waals surface area contributed by atoms with Crippen LogP contribution in [-0.2, 0) is 16.2 Å². The Morgan fingerprint density at radius 2 is 1.53 bits per heavy atom. The monoisotopic (exact) mass is 398 g/mol. The fourth-order valence-corrected chi connectivity index (χ4v) is 5.57. The van der Waals surface area contributed by atoms with Gasteiger partial charge in [-0.1, -0.05) is 42.5 Å². The zero-order valence-corrected chi connectivity index (χ0v) is 16.4. The third-order valence-corrected chi connectivity index (χ3v) is 7.09. The molecule has 7 rings (SSSR count). The normalized spacial score (nSPS) is 33.1. The summed E-state index contributed by atoms with van der Waals surface area (Å²) in [4.78, 5) is 25.9. The summed E-state index contributed by atoms with van der Waals surface area (Å²) in [6, 6.07) is 17.5. The molecule has 0 unspecified atom stereocenters. The molecule has 0 spiro atoms. The van der Waals surface area contributed by atoms with Crippen molar-refractivity contribution >= 4 is 18.0 Å². The van der Waals surface area contributed by atoms with E-state index in [9.17, 15) is 9.59 Å². The molecule has 150 valence electrons. The van der Waals surface area contributed by atoms with Crippen LogP contribution in [0.15, 0.2) is 71.9 Å². The summed E-state index contributed by atoms with van der Waals surface area (Å²) < 4.78 is 5.80. The predicted molar refractivity (Wildman–Crippen MR) is 111 cm³/mol. The molecule has 30 heavy (non-hydrogen) atoms. The zero-order chi connectivity index (χ0) is 20.2. The third kappa shape index (κ3) is 2.72. The summed E-state index contributed by atoms with van der Waals surface area (Å²) in [5, 5.41) is 5.40. The van der Waals surface area contributed by atoms with E-state index in [1.165, 1.54) is 0 Å². The molecule has 0 aromatic heterocycles. The van der Waals surface area contributed by atoms with E-state index in [4.69, 9.17) is 4.74 Å². The van der Waals surface area contributed by atoms with E-state index >= 15 is 0 Å². The Morgan fingerprint density at radius 1 is 0.900 bits per heavy atom. The van der Waals surface area contributed by atoms with Gasteiger partial charge in [0.25, 0.3) is 11.8 Å². The first-order valence-corrected chi connectivity index (χ1v) is 10.6. The highest BCUT2D eigenvalue weighted by Gasteiger charge is 2.67. The van der Waals surface area contributed by atoms with E-state index in [0.29, 0.717) is 18.4 Å². The second-order valence-corrected chi connectivity index (χ2v) is 8.73. The lowest BCUT2D eigenvalue weighted by Gasteiger charge is -2.37. The number of imide groups is 1. The second kappa shape index (κ2) is 6.66. The van der Waals surface area contributed by atoms with Crippen LogP contribution in [0.3, 0.4) is 0 Å². The van der Waals surface area contributed by atoms with Crippen molar-refractivity contribution in [2.24, 2.45) is 40.6 Å². The van der Waals surface area contributed by atoms with Gasteiger partial charge in [0.05, 0.1) is 18.1 Å². The van der Waals surface area contributed by atoms with Crippen LogP contribution in [0.1, 0.15) is 17.5 Å². The average Bonchev–Trinajstić information content (AvgIpc) is 3.57. The smallest absolute Gasteiger partial charge is 0.254 e. The highest BCUT2D eigenvalue weighted by molar-refractivity contribution is 6.06. The van der Waals surface area contributed by atoms with Crippen molar-refractivity contribution in [1.82, 2.24) is 5.01 Å². The van der Waals surface area contributed by atoms with E-state index in [-0.39, 0.29) is 35.5 Å². The number of rotatable bonds is 5. The number of ether oxygens (including phenoxy) is 1. The Morgan fingerprint density at radius 3 is 2.17 bits per heavy atom. The van der Waals surface area contributed by atoms with Gasteiger partial charge in [-0.15, -0.1) is 0 Å². The number of allylic oxidation sites excluding steroid dienone is 2. The fraction of sp³-hybridized carbons (Fsp3) is 0.320. The highest BCUT2D eigenvalue weighted by atomic mass is 16.5. The molecule has 4 aliphatic carbocycles. The van der Waals surface area contributed by atoms with E-state index in [1.54, 1.807) is 6.21 Å². The molecule has 2 bridgehead atoms. The lowest BCUT2D eigenvalue weighted by atomic mass is 9.63. The predicted octanol–water partition coefficient (Wildman–Crippen LogP) is 3.65. The number of carbonyl (C=O) groups excluding carboxylic acids is 2. The number of amides is 2. The summed E-state index contributed by atoms with van der Waals surface area (Å²) in [5.41, 5.74) is 1.93. The molecule has 1 aliphatic heterocycles. The summed E-state index contributed by atoms with van der Waals surface area (Å²) >= 11 is 0. The van der Waals surface area contributed by atoms with Crippen LogP contribution in [0.5, 0.6) is 5.75 Å². The summed E-state index contributed by atoms with van der Waals surface area (Å²) in [5.74, 6) is 1.74. The minimum Gasteiger partial charge on any atom is -0.489 e. The summed E-state index contributed by atoms with van der Waals surface area (Å²) in [6.07, 6.45) is 7.10. The minimum atomic E-state index is -0.206. The van der Waals surface area contributed by atoms with Crippen molar-refractivity contribution in [2.45, 2.75) is 13.0 Å². The van der Waals surface area contributed by atoms with Gasteiger partial charge >= 0.3 is 0 Å². The standard InChI is InChI=1S/C25H22N2O3/c28-24-22-18-10-11-19(21-12-20(18)21)23(22)25(29)27(24)26-13-15-6-8-17(9-7-15)30-14-16-4-2-1-3-5-16/h1-11,13,18-23H,12,14H2/b26-13-/t18-,19-,20-,21-,22+,23+/m1/s1. The Labute approximate surface area is 175 Å². The van der Waals surface area contributed by atoms with Crippen LogP contribution < -0.4 is 4.74 Å². The lowest BCUT2D eigenvalue weighted by molar-refractivity contribution is -0.140. The number of nitrogens with zero attached hydrogens (tertiary/aromatic N) is 2. The SMILES string of the molecule is O=C1[C@H]2[C@@H]3C=C[C@H]([C@H]4C[C@H]34)[C@@H]2C(=O)N1/N=C\c1ccc(OCc2ccccc2)cc1. The molecular weight excluding hydrogens is 376 g/mol. The molecule has 5 heteroatoms. The molecule has 2 aromatic carbocycles. The van der Waals surface area contributed by atoms with Crippen LogP contribution in [-0.4, -0.2) is 23.0 Å². The first kappa shape index (κ1) is 17.6. The van der Waals surface area contributed by atoms with Gasteiger partial charge in [-0.2, -0.15) is 10.1 Å². The largest absolute Gasteiger partial charge is 0.489 e. The topological polar surface area (TPSA) is 59.0 Å². The second-order valence-electron chi connectivity index (χ2n) is 8.73. The average molecular weight is 398 g/mol. The maximum absolute atomic E-state index is 12.9. The highest BCUT2D eigenvalue weighted by Crippen LogP contribution is 2.65. The van der Waals surface area contributed by atoms with Crippen molar-refractivity contribution in [3.63, 3.8) is 0 Å². The Balaban J connectivity index is 1.13. The number of hydrogen-bond donors (Lipinski definition) is 0. The third-order valence-electron chi connectivity index (χ3n) is 7.09. The van der Waals surface area contributed by atoms with E-state index < -0.39 is 0 Å². The maximum atomic E-state index is 12.9. The van der Waals surface area contributed by atoms with Gasteiger partial charge in [0.2, 0.25) is 0 Å². The van der Waals surface area contributed by atoms with E-state index in [0.717, 1.165) is 28.3 Å². The van der Waals surface area contributed by atoms with Crippen molar-refractivity contribution < 1.29 is 14.3 Å². The summed E-state index contributed by atoms with van der Waals surface area (Å²) in [7, 11) is 0. The Hall–Kier alpha value is -3.21. The molecule has 5 nitrogen and oxygen atoms in total. The molecule has 6 atom stereocenters. The van der Waals surface area contributed by atoms with E-state index in [1.807, 2.05) is 54.6 Å². The lowest BCUT2D eigenvalue weighted by Crippen LogP contribution is -2.40. The molecule has 2 aromatic rings. The molecule has 5 aliphatic rings. The molecule has 2 amide bonds. The number of carbonyl (C=O) groups is 2. The summed E-state index contributed by atoms with van der Waals surface area (Å²) in [6.45, 7) is 0.506. The minimum absolute atomic E-state index is 0.131. The first-order valence-electron chi connectivity index (χ1n) is 10.6. The molecule has 2 saturated carbocycles. The van der Waals surface area contributed by atoms with Gasteiger partial charge in [0.1, 0.15) is 12.4 Å². The van der Waals surface area contributed by atoms with Gasteiger partial charge in [-0.3, -0.25) is 9.59 Å². The first-order chi connectivity index (χ1) is 14.7. The van der Waals surface area contributed by atoms with Crippen LogP contribution in [0.2, 0.25) is 0 Å². The maximum Gasteiger partial charge on any atom is 0.254 e. The molecule has 1 heterocycles. The van der Waals surface area contributed by atoms with Crippen LogP contribution in [0, 0.1) is 35.5 Å². The Bertz CT molecular complexity index is 1020. The van der Waals surface area contributed by atoms with Gasteiger partial charge in [-0.05, 0) is 65.5 Å². The quantitative estimate of drug-likeness (QED) is 0.439. The number of hydrogen-bond acceptors (Lipinski definition) is 4. The number of benzene rings is 2. The van der Waals surface area contributed by atoms with Crippen LogP contribution in [0.25, 0.3) is 0 Å². The molecule has 3 fully saturated rings. The molecule has 0 N–H and O–H groups in total. The van der Waals surface area contributed by atoms with Gasteiger partial charge in [0, 0.05) is 0 Å². The fourth-order valence-electron chi connectivity index (χ4n) is 5.57. The van der Waals surface area contributed by atoms with Crippen molar-refractivity contribution in [1.29, 1.82) is 0 Å². The van der Waals surface area contributed by atoms with Crippen molar-refractivity contribution in [2.75, 3.05) is 0 Å². The van der Waals surface area contributed by atoms with E-state index in [2.05, 4.69) is 17.3 Å². The van der Waals surface area contributed by atoms with Gasteiger partial charge < -0.3 is 4.74 Å². The van der Waals surface area contributed by atoms with Gasteiger partial charge in [0.15, 0.2) is 0 Å². The molecular formula is C25H22N2O3. The van der Waals surface area contributed by atoms with Crippen LogP contribution >= 0.6 is 0 Å². The zero-order valence-electron chi connectivity index (χ0n) is 16.4. The molecule has 0 radical (unpaired) electrons. The van der Waals surface area contributed by atoms with Gasteiger partial charge in [-0.25, -0.2) is 0 Å². The Kier molecular flexibility index (Phi) is 3.91. The van der Waals surface area contributed by atoms with Crippen molar-refractivity contribution in [3.05, 3.63) is 77.9 Å². The molecule has 1 saturated heterocycles.